The molecule has 0 radical (unpaired) electrons. The second kappa shape index (κ2) is 6.41. The maximum Gasteiger partial charge on any atom is 0.257 e. The van der Waals surface area contributed by atoms with E-state index in [-0.39, 0.29) is 17.6 Å². The van der Waals surface area contributed by atoms with Gasteiger partial charge in [-0.1, -0.05) is 0 Å². The van der Waals surface area contributed by atoms with Gasteiger partial charge < -0.3 is 21.1 Å². The highest BCUT2D eigenvalue weighted by Crippen LogP contribution is 2.27. The van der Waals surface area contributed by atoms with Gasteiger partial charge >= 0.3 is 0 Å². The molecule has 0 aliphatic rings. The Morgan fingerprint density at radius 3 is 2.88 bits per heavy atom. The van der Waals surface area contributed by atoms with Crippen molar-refractivity contribution >= 4 is 44.9 Å². The van der Waals surface area contributed by atoms with Gasteiger partial charge in [0, 0.05) is 17.6 Å². The molecule has 1 rings (SSSR count). The van der Waals surface area contributed by atoms with Crippen LogP contribution < -0.4 is 21.1 Å². The van der Waals surface area contributed by atoms with Crippen LogP contribution in [0.3, 0.4) is 0 Å². The summed E-state index contributed by atoms with van der Waals surface area (Å²) in [6, 6.07) is 5.21. The number of hydrogen-bond donors (Lipinski definition) is 3. The standard InChI is InChI=1S/C10H12BrN3O2S/c1-13-9(15)5-16-6-2-3-7(11)8(4-6)14-10(12)17/h2-4H,5H2,1H3,(H,13,15)(H3,12,14,17). The van der Waals surface area contributed by atoms with Gasteiger partial charge in [0.2, 0.25) is 0 Å². The quantitative estimate of drug-likeness (QED) is 0.728. The second-order valence-electron chi connectivity index (χ2n) is 3.09. The number of halogens is 1. The Morgan fingerprint density at radius 1 is 1.59 bits per heavy atom. The average Bonchev–Trinajstić information content (AvgIpc) is 2.29. The minimum atomic E-state index is -0.197. The number of rotatable bonds is 4. The molecule has 0 bridgehead atoms. The molecular weight excluding hydrogens is 306 g/mol. The molecule has 4 N–H and O–H groups in total. The van der Waals surface area contributed by atoms with Crippen molar-refractivity contribution in [2.45, 2.75) is 0 Å². The summed E-state index contributed by atoms with van der Waals surface area (Å²) < 4.78 is 6.08. The number of anilines is 1. The monoisotopic (exact) mass is 317 g/mol. The van der Waals surface area contributed by atoms with Crippen LogP contribution in [-0.4, -0.2) is 24.7 Å². The van der Waals surface area contributed by atoms with E-state index in [4.69, 9.17) is 22.7 Å². The summed E-state index contributed by atoms with van der Waals surface area (Å²) in [5, 5.41) is 5.42. The Morgan fingerprint density at radius 2 is 2.29 bits per heavy atom. The first-order valence-corrected chi connectivity index (χ1v) is 5.92. The molecule has 0 atom stereocenters. The molecule has 0 heterocycles. The van der Waals surface area contributed by atoms with Gasteiger partial charge in [-0.15, -0.1) is 0 Å². The van der Waals surface area contributed by atoms with Crippen LogP contribution >= 0.6 is 28.1 Å². The van der Waals surface area contributed by atoms with Crippen molar-refractivity contribution in [2.24, 2.45) is 5.73 Å². The Bertz CT molecular complexity index is 440. The summed E-state index contributed by atoms with van der Waals surface area (Å²) in [5.74, 6) is 0.354. The highest BCUT2D eigenvalue weighted by atomic mass is 79.9. The Kier molecular flexibility index (Phi) is 5.17. The van der Waals surface area contributed by atoms with Crippen LogP contribution in [0.5, 0.6) is 5.75 Å². The molecule has 5 nitrogen and oxygen atoms in total. The number of carbonyl (C=O) groups is 1. The number of carbonyl (C=O) groups excluding carboxylic acids is 1. The zero-order chi connectivity index (χ0) is 12.8. The van der Waals surface area contributed by atoms with Crippen molar-refractivity contribution in [1.82, 2.24) is 5.32 Å². The fourth-order valence-corrected chi connectivity index (χ4v) is 1.50. The molecule has 1 amide bonds. The Hall–Kier alpha value is -1.34. The summed E-state index contributed by atoms with van der Waals surface area (Å²) in [5.41, 5.74) is 6.07. The zero-order valence-corrected chi connectivity index (χ0v) is 11.5. The van der Waals surface area contributed by atoms with Gasteiger partial charge in [0.15, 0.2) is 11.7 Å². The molecule has 0 saturated heterocycles. The van der Waals surface area contributed by atoms with Crippen LogP contribution in [-0.2, 0) is 4.79 Å². The van der Waals surface area contributed by atoms with E-state index in [1.165, 1.54) is 0 Å². The number of nitrogens with two attached hydrogens (primary N) is 1. The van der Waals surface area contributed by atoms with Crippen LogP contribution in [0.4, 0.5) is 5.69 Å². The molecule has 0 aliphatic heterocycles. The van der Waals surface area contributed by atoms with Crippen molar-refractivity contribution in [3.8, 4) is 5.75 Å². The Labute approximate surface area is 113 Å². The van der Waals surface area contributed by atoms with E-state index >= 15 is 0 Å². The lowest BCUT2D eigenvalue weighted by molar-refractivity contribution is -0.122. The van der Waals surface area contributed by atoms with E-state index in [2.05, 4.69) is 26.6 Å². The maximum absolute atomic E-state index is 11.0. The van der Waals surface area contributed by atoms with Crippen molar-refractivity contribution < 1.29 is 9.53 Å². The van der Waals surface area contributed by atoms with Crippen LogP contribution in [0.15, 0.2) is 22.7 Å². The molecule has 17 heavy (non-hydrogen) atoms. The number of amides is 1. The van der Waals surface area contributed by atoms with E-state index in [1.807, 2.05) is 0 Å². The van der Waals surface area contributed by atoms with Gasteiger partial charge in [-0.3, -0.25) is 4.79 Å². The lowest BCUT2D eigenvalue weighted by Crippen LogP contribution is -2.25. The molecule has 0 unspecified atom stereocenters. The SMILES string of the molecule is CNC(=O)COc1ccc(Br)c(NC(N)=S)c1. The van der Waals surface area contributed by atoms with Crippen molar-refractivity contribution in [3.05, 3.63) is 22.7 Å². The summed E-state index contributed by atoms with van der Waals surface area (Å²) in [7, 11) is 1.55. The lowest BCUT2D eigenvalue weighted by Gasteiger charge is -2.10. The molecule has 92 valence electrons. The zero-order valence-electron chi connectivity index (χ0n) is 9.12. The third-order valence-electron chi connectivity index (χ3n) is 1.84. The van der Waals surface area contributed by atoms with Crippen LogP contribution in [0, 0.1) is 0 Å². The molecule has 7 heteroatoms. The number of nitrogens with one attached hydrogen (secondary N) is 2. The normalized spacial score (nSPS) is 9.53. The van der Waals surface area contributed by atoms with Gasteiger partial charge in [0.05, 0.1) is 5.69 Å². The van der Waals surface area contributed by atoms with Crippen molar-refractivity contribution in [2.75, 3.05) is 19.0 Å². The third kappa shape index (κ3) is 4.58. The van der Waals surface area contributed by atoms with Crippen molar-refractivity contribution in [1.29, 1.82) is 0 Å². The number of hydrogen-bond acceptors (Lipinski definition) is 3. The smallest absolute Gasteiger partial charge is 0.257 e. The lowest BCUT2D eigenvalue weighted by atomic mass is 10.3. The van der Waals surface area contributed by atoms with Crippen LogP contribution in [0.1, 0.15) is 0 Å². The third-order valence-corrected chi connectivity index (χ3v) is 2.64. The summed E-state index contributed by atoms with van der Waals surface area (Å²) >= 11 is 8.09. The molecule has 1 aromatic rings. The van der Waals surface area contributed by atoms with E-state index in [0.717, 1.165) is 4.47 Å². The predicted octanol–water partition coefficient (Wildman–Crippen LogP) is 1.23. The number of ether oxygens (including phenoxy) is 1. The van der Waals surface area contributed by atoms with E-state index in [0.29, 0.717) is 11.4 Å². The van der Waals surface area contributed by atoms with Gasteiger partial charge in [-0.2, -0.15) is 0 Å². The first kappa shape index (κ1) is 13.7. The molecule has 0 spiro atoms. The first-order chi connectivity index (χ1) is 8.02. The highest BCUT2D eigenvalue weighted by molar-refractivity contribution is 9.10. The van der Waals surface area contributed by atoms with Crippen molar-refractivity contribution in [3.63, 3.8) is 0 Å². The second-order valence-corrected chi connectivity index (χ2v) is 4.39. The average molecular weight is 318 g/mol. The topological polar surface area (TPSA) is 76.4 Å². The molecule has 0 saturated carbocycles. The van der Waals surface area contributed by atoms with Gasteiger partial charge in [0.25, 0.3) is 5.91 Å². The number of thiocarbonyl (C=S) groups is 1. The minimum absolute atomic E-state index is 0.0371. The first-order valence-electron chi connectivity index (χ1n) is 4.72. The fourth-order valence-electron chi connectivity index (χ4n) is 1.04. The Balaban J connectivity index is 2.74. The van der Waals surface area contributed by atoms with Gasteiger partial charge in [0.1, 0.15) is 5.75 Å². The molecule has 0 fully saturated rings. The highest BCUT2D eigenvalue weighted by Gasteiger charge is 2.05. The summed E-state index contributed by atoms with van der Waals surface area (Å²) in [6.07, 6.45) is 0. The maximum atomic E-state index is 11.0. The molecule has 0 aromatic heterocycles. The molecular formula is C10H12BrN3O2S. The van der Waals surface area contributed by atoms with Crippen LogP contribution in [0.2, 0.25) is 0 Å². The minimum Gasteiger partial charge on any atom is -0.484 e. The van der Waals surface area contributed by atoms with Gasteiger partial charge in [-0.05, 0) is 40.3 Å². The number of likely N-dealkylation sites (N-methyl/N-ethyl adjacent to an activating group) is 1. The molecule has 0 aliphatic carbocycles. The van der Waals surface area contributed by atoms with Crippen LogP contribution in [0.25, 0.3) is 0 Å². The fraction of sp³-hybridized carbons (Fsp3) is 0.200. The van der Waals surface area contributed by atoms with E-state index in [1.54, 1.807) is 25.2 Å². The summed E-state index contributed by atoms with van der Waals surface area (Å²) in [4.78, 5) is 11.0. The predicted molar refractivity (Wildman–Crippen MR) is 74.1 cm³/mol. The van der Waals surface area contributed by atoms with Gasteiger partial charge in [-0.25, -0.2) is 0 Å². The van der Waals surface area contributed by atoms with E-state index in [9.17, 15) is 4.79 Å². The molecule has 1 aromatic carbocycles. The van der Waals surface area contributed by atoms with E-state index < -0.39 is 0 Å². The summed E-state index contributed by atoms with van der Waals surface area (Å²) in [6.45, 7) is -0.0371. The number of benzene rings is 1. The largest absolute Gasteiger partial charge is 0.484 e.